The number of benzene rings is 2. The lowest BCUT2D eigenvalue weighted by atomic mass is 10.1. The van der Waals surface area contributed by atoms with Gasteiger partial charge < -0.3 is 9.64 Å². The maximum Gasteiger partial charge on any atom is 0.121 e. The molecule has 0 saturated heterocycles. The number of rotatable bonds is 5. The standard InChI is InChI=1S/C24H29N3OS/c1-5-27-16-20(18(3)25-27)15-26-13-12-23(29-24-9-7-6-8-21(24)26)19-10-11-22(28-4)17(2)14-19/h6-11,14,16,23H,5,12-13,15H2,1-4H3/t23-/m0/s1. The van der Waals surface area contributed by atoms with E-state index in [1.165, 1.54) is 27.3 Å². The fraction of sp³-hybridized carbons (Fsp3) is 0.375. The van der Waals surface area contributed by atoms with Crippen molar-refractivity contribution in [2.24, 2.45) is 0 Å². The number of thioether (sulfide) groups is 1. The van der Waals surface area contributed by atoms with Crippen LogP contribution >= 0.6 is 11.8 Å². The van der Waals surface area contributed by atoms with E-state index in [1.54, 1.807) is 7.11 Å². The zero-order chi connectivity index (χ0) is 20.4. The van der Waals surface area contributed by atoms with Crippen molar-refractivity contribution in [3.63, 3.8) is 0 Å². The number of fused-ring (bicyclic) bond motifs is 1. The van der Waals surface area contributed by atoms with Gasteiger partial charge in [0.25, 0.3) is 0 Å². The van der Waals surface area contributed by atoms with Crippen LogP contribution in [0.2, 0.25) is 0 Å². The molecule has 0 N–H and O–H groups in total. The molecule has 4 rings (SSSR count). The predicted octanol–water partition coefficient (Wildman–Crippen LogP) is 5.77. The second-order valence-corrected chi connectivity index (χ2v) is 8.85. The van der Waals surface area contributed by atoms with Gasteiger partial charge in [0.1, 0.15) is 5.75 Å². The van der Waals surface area contributed by atoms with E-state index in [0.717, 1.165) is 37.5 Å². The number of hydrogen-bond donors (Lipinski definition) is 0. The Kier molecular flexibility index (Phi) is 5.86. The number of ether oxygens (including phenoxy) is 1. The molecule has 0 radical (unpaired) electrons. The highest BCUT2D eigenvalue weighted by molar-refractivity contribution is 7.99. The number of hydrogen-bond acceptors (Lipinski definition) is 4. The molecule has 4 nitrogen and oxygen atoms in total. The van der Waals surface area contributed by atoms with E-state index in [1.807, 2.05) is 16.4 Å². The number of anilines is 1. The van der Waals surface area contributed by atoms with Crippen molar-refractivity contribution >= 4 is 17.4 Å². The minimum absolute atomic E-state index is 0.435. The van der Waals surface area contributed by atoms with Crippen LogP contribution in [0.15, 0.2) is 53.6 Å². The highest BCUT2D eigenvalue weighted by atomic mass is 32.2. The van der Waals surface area contributed by atoms with Gasteiger partial charge in [0, 0.05) is 41.5 Å². The highest BCUT2D eigenvalue weighted by Crippen LogP contribution is 2.46. The first-order valence-corrected chi connectivity index (χ1v) is 11.1. The zero-order valence-corrected chi connectivity index (χ0v) is 18.5. The summed E-state index contributed by atoms with van der Waals surface area (Å²) in [5, 5.41) is 5.07. The molecule has 0 aliphatic carbocycles. The van der Waals surface area contributed by atoms with Crippen molar-refractivity contribution in [1.82, 2.24) is 9.78 Å². The Labute approximate surface area is 177 Å². The molecule has 2 heterocycles. The van der Waals surface area contributed by atoms with Crippen LogP contribution < -0.4 is 9.64 Å². The molecular weight excluding hydrogens is 378 g/mol. The van der Waals surface area contributed by atoms with Gasteiger partial charge in [-0.2, -0.15) is 5.10 Å². The predicted molar refractivity (Wildman–Crippen MR) is 121 cm³/mol. The summed E-state index contributed by atoms with van der Waals surface area (Å²) < 4.78 is 7.48. The number of aryl methyl sites for hydroxylation is 3. The quantitative estimate of drug-likeness (QED) is 0.537. The molecule has 152 valence electrons. The minimum atomic E-state index is 0.435. The third-order valence-corrected chi connectivity index (χ3v) is 7.05. The van der Waals surface area contributed by atoms with E-state index >= 15 is 0 Å². The second-order valence-electron chi connectivity index (χ2n) is 7.61. The lowest BCUT2D eigenvalue weighted by Crippen LogP contribution is -2.24. The first-order valence-electron chi connectivity index (χ1n) is 10.3. The summed E-state index contributed by atoms with van der Waals surface area (Å²) in [7, 11) is 1.74. The minimum Gasteiger partial charge on any atom is -0.496 e. The lowest BCUT2D eigenvalue weighted by Gasteiger charge is -2.24. The van der Waals surface area contributed by atoms with Crippen molar-refractivity contribution in [1.29, 1.82) is 0 Å². The maximum atomic E-state index is 5.45. The SMILES string of the molecule is CCn1cc(CN2CC[C@@H](c3ccc(OC)c(C)c3)Sc3ccccc32)c(C)n1. The van der Waals surface area contributed by atoms with Crippen molar-refractivity contribution < 1.29 is 4.74 Å². The fourth-order valence-corrected chi connectivity index (χ4v) is 5.29. The third-order valence-electron chi connectivity index (χ3n) is 5.66. The molecule has 2 aromatic carbocycles. The average molecular weight is 408 g/mol. The van der Waals surface area contributed by atoms with Crippen molar-refractivity contribution in [2.45, 2.75) is 50.4 Å². The number of aromatic nitrogens is 2. The van der Waals surface area contributed by atoms with Crippen LogP contribution in [0.25, 0.3) is 0 Å². The summed E-state index contributed by atoms with van der Waals surface area (Å²) in [5.41, 5.74) is 6.34. The Hall–Kier alpha value is -2.40. The van der Waals surface area contributed by atoms with E-state index in [-0.39, 0.29) is 0 Å². The van der Waals surface area contributed by atoms with Gasteiger partial charge in [-0.15, -0.1) is 11.8 Å². The Morgan fingerprint density at radius 3 is 2.72 bits per heavy atom. The Morgan fingerprint density at radius 2 is 2.00 bits per heavy atom. The van der Waals surface area contributed by atoms with E-state index in [2.05, 4.69) is 79.4 Å². The molecule has 0 unspecified atom stereocenters. The van der Waals surface area contributed by atoms with Gasteiger partial charge in [-0.3, -0.25) is 4.68 Å². The van der Waals surface area contributed by atoms with Crippen molar-refractivity contribution in [3.05, 3.63) is 71.0 Å². The molecule has 0 fully saturated rings. The monoisotopic (exact) mass is 407 g/mol. The van der Waals surface area contributed by atoms with Crippen LogP contribution in [0.1, 0.15) is 41.0 Å². The molecule has 0 spiro atoms. The van der Waals surface area contributed by atoms with Gasteiger partial charge >= 0.3 is 0 Å². The van der Waals surface area contributed by atoms with Gasteiger partial charge in [0.2, 0.25) is 0 Å². The van der Waals surface area contributed by atoms with Crippen LogP contribution in [0.5, 0.6) is 5.75 Å². The van der Waals surface area contributed by atoms with Gasteiger partial charge in [-0.25, -0.2) is 0 Å². The first kappa shape index (κ1) is 19.9. The van der Waals surface area contributed by atoms with Gasteiger partial charge in [0.05, 0.1) is 18.5 Å². The number of methoxy groups -OCH3 is 1. The smallest absolute Gasteiger partial charge is 0.121 e. The Bertz CT molecular complexity index is 998. The molecule has 3 aromatic rings. The summed E-state index contributed by atoms with van der Waals surface area (Å²) in [6, 6.07) is 15.4. The molecule has 5 heteroatoms. The molecule has 0 amide bonds. The number of nitrogens with zero attached hydrogens (tertiary/aromatic N) is 3. The van der Waals surface area contributed by atoms with E-state index in [0.29, 0.717) is 5.25 Å². The largest absolute Gasteiger partial charge is 0.496 e. The van der Waals surface area contributed by atoms with Crippen LogP contribution in [0.3, 0.4) is 0 Å². The normalized spacial score (nSPS) is 16.4. The average Bonchev–Trinajstić information content (AvgIpc) is 2.98. The van der Waals surface area contributed by atoms with Crippen molar-refractivity contribution in [3.8, 4) is 5.75 Å². The van der Waals surface area contributed by atoms with Gasteiger partial charge in [0.15, 0.2) is 0 Å². The van der Waals surface area contributed by atoms with Crippen LogP contribution in [-0.4, -0.2) is 23.4 Å². The summed E-state index contributed by atoms with van der Waals surface area (Å²) >= 11 is 1.98. The number of para-hydroxylation sites is 1. The maximum absolute atomic E-state index is 5.45. The lowest BCUT2D eigenvalue weighted by molar-refractivity contribution is 0.411. The van der Waals surface area contributed by atoms with E-state index < -0.39 is 0 Å². The van der Waals surface area contributed by atoms with Gasteiger partial charge in [-0.05, 0) is 56.5 Å². The van der Waals surface area contributed by atoms with E-state index in [9.17, 15) is 0 Å². The zero-order valence-electron chi connectivity index (χ0n) is 17.7. The Morgan fingerprint density at radius 1 is 1.17 bits per heavy atom. The fourth-order valence-electron chi connectivity index (χ4n) is 4.01. The molecule has 1 aliphatic rings. The molecule has 1 aromatic heterocycles. The van der Waals surface area contributed by atoms with Crippen molar-refractivity contribution in [2.75, 3.05) is 18.6 Å². The van der Waals surface area contributed by atoms with Crippen LogP contribution in [0.4, 0.5) is 5.69 Å². The Balaban J connectivity index is 1.62. The molecule has 0 bridgehead atoms. The first-order chi connectivity index (χ1) is 14.1. The topological polar surface area (TPSA) is 30.3 Å². The van der Waals surface area contributed by atoms with Crippen LogP contribution in [-0.2, 0) is 13.1 Å². The third kappa shape index (κ3) is 4.15. The van der Waals surface area contributed by atoms with E-state index in [4.69, 9.17) is 4.74 Å². The molecule has 1 atom stereocenters. The summed E-state index contributed by atoms with van der Waals surface area (Å²) in [6.07, 6.45) is 3.30. The molecule has 29 heavy (non-hydrogen) atoms. The molecular formula is C24H29N3OS. The van der Waals surface area contributed by atoms with Gasteiger partial charge in [-0.1, -0.05) is 24.3 Å². The second kappa shape index (κ2) is 8.54. The summed E-state index contributed by atoms with van der Waals surface area (Å²) in [5.74, 6) is 0.956. The highest BCUT2D eigenvalue weighted by Gasteiger charge is 2.24. The summed E-state index contributed by atoms with van der Waals surface area (Å²) in [4.78, 5) is 3.87. The molecule has 1 aliphatic heterocycles. The van der Waals surface area contributed by atoms with Crippen LogP contribution in [0, 0.1) is 13.8 Å². The summed E-state index contributed by atoms with van der Waals surface area (Å²) in [6.45, 7) is 9.21. The molecule has 0 saturated carbocycles.